The number of hydrogen-bond acceptors (Lipinski definition) is 4. The SMILES string of the molecule is CC(O)CC(C)O.CCC(O)C(C)O. The van der Waals surface area contributed by atoms with Crippen LogP contribution in [0.1, 0.15) is 40.5 Å². The minimum absolute atomic E-state index is 0.375. The Morgan fingerprint density at radius 1 is 0.857 bits per heavy atom. The Bertz CT molecular complexity index is 107. The van der Waals surface area contributed by atoms with Crippen LogP contribution in [0.25, 0.3) is 0 Å². The highest BCUT2D eigenvalue weighted by molar-refractivity contribution is 4.56. The van der Waals surface area contributed by atoms with E-state index in [4.69, 9.17) is 20.4 Å². The van der Waals surface area contributed by atoms with Gasteiger partial charge in [0.15, 0.2) is 0 Å². The van der Waals surface area contributed by atoms with Crippen molar-refractivity contribution in [1.82, 2.24) is 0 Å². The van der Waals surface area contributed by atoms with Gasteiger partial charge in [-0.3, -0.25) is 0 Å². The van der Waals surface area contributed by atoms with Crippen LogP contribution in [0.2, 0.25) is 0 Å². The van der Waals surface area contributed by atoms with Crippen molar-refractivity contribution < 1.29 is 20.4 Å². The van der Waals surface area contributed by atoms with E-state index >= 15 is 0 Å². The van der Waals surface area contributed by atoms with Gasteiger partial charge in [0.1, 0.15) is 0 Å². The predicted molar refractivity (Wildman–Crippen MR) is 56.0 cm³/mol. The summed E-state index contributed by atoms with van der Waals surface area (Å²) in [6.45, 7) is 6.73. The van der Waals surface area contributed by atoms with Gasteiger partial charge in [-0.1, -0.05) is 6.92 Å². The first-order valence-electron chi connectivity index (χ1n) is 5.03. The molecule has 0 spiro atoms. The lowest BCUT2D eigenvalue weighted by atomic mass is 10.2. The molecular weight excluding hydrogens is 184 g/mol. The molecule has 0 amide bonds. The van der Waals surface area contributed by atoms with Gasteiger partial charge in [0.05, 0.1) is 24.4 Å². The fraction of sp³-hybridized carbons (Fsp3) is 1.00. The second-order valence-electron chi connectivity index (χ2n) is 3.65. The minimum Gasteiger partial charge on any atom is -0.393 e. The lowest BCUT2D eigenvalue weighted by molar-refractivity contribution is 0.0294. The zero-order valence-corrected chi connectivity index (χ0v) is 9.51. The van der Waals surface area contributed by atoms with E-state index in [-0.39, 0.29) is 12.2 Å². The molecular formula is C10H24O4. The van der Waals surface area contributed by atoms with Crippen LogP contribution < -0.4 is 0 Å². The summed E-state index contributed by atoms with van der Waals surface area (Å²) in [6.07, 6.45) is -0.775. The molecule has 4 unspecified atom stereocenters. The van der Waals surface area contributed by atoms with Crippen molar-refractivity contribution in [2.24, 2.45) is 0 Å². The van der Waals surface area contributed by atoms with E-state index in [1.54, 1.807) is 20.8 Å². The van der Waals surface area contributed by atoms with Crippen molar-refractivity contribution in [2.45, 2.75) is 65.0 Å². The molecule has 0 heterocycles. The van der Waals surface area contributed by atoms with Gasteiger partial charge in [0.25, 0.3) is 0 Å². The van der Waals surface area contributed by atoms with Gasteiger partial charge in [-0.05, 0) is 33.6 Å². The van der Waals surface area contributed by atoms with Gasteiger partial charge in [0.2, 0.25) is 0 Å². The third-order valence-electron chi connectivity index (χ3n) is 1.66. The third-order valence-corrected chi connectivity index (χ3v) is 1.66. The molecule has 0 saturated carbocycles. The number of hydrogen-bond donors (Lipinski definition) is 4. The van der Waals surface area contributed by atoms with Gasteiger partial charge in [-0.25, -0.2) is 0 Å². The summed E-state index contributed by atoms with van der Waals surface area (Å²) < 4.78 is 0. The van der Waals surface area contributed by atoms with Gasteiger partial charge in [-0.2, -0.15) is 0 Å². The van der Waals surface area contributed by atoms with Crippen LogP contribution in [0.5, 0.6) is 0 Å². The van der Waals surface area contributed by atoms with Crippen LogP contribution in [-0.4, -0.2) is 44.8 Å². The van der Waals surface area contributed by atoms with Crippen molar-refractivity contribution in [1.29, 1.82) is 0 Å². The molecule has 0 aromatic rings. The molecule has 88 valence electrons. The molecule has 0 bridgehead atoms. The number of aliphatic hydroxyl groups excluding tert-OH is 4. The fourth-order valence-corrected chi connectivity index (χ4v) is 0.835. The molecule has 0 saturated heterocycles. The molecule has 4 atom stereocenters. The monoisotopic (exact) mass is 208 g/mol. The van der Waals surface area contributed by atoms with Gasteiger partial charge in [0, 0.05) is 0 Å². The minimum atomic E-state index is -0.579. The molecule has 4 nitrogen and oxygen atoms in total. The van der Waals surface area contributed by atoms with E-state index in [9.17, 15) is 0 Å². The van der Waals surface area contributed by atoms with Gasteiger partial charge in [-0.15, -0.1) is 0 Å². The summed E-state index contributed by atoms with van der Waals surface area (Å²) in [5, 5.41) is 34.4. The zero-order valence-electron chi connectivity index (χ0n) is 9.51. The number of aliphatic hydroxyl groups is 4. The second-order valence-corrected chi connectivity index (χ2v) is 3.65. The summed E-state index contributed by atoms with van der Waals surface area (Å²) in [7, 11) is 0. The Kier molecular flexibility index (Phi) is 10.9. The van der Waals surface area contributed by atoms with Gasteiger partial charge >= 0.3 is 0 Å². The quantitative estimate of drug-likeness (QED) is 0.535. The topological polar surface area (TPSA) is 80.9 Å². The normalized spacial score (nSPS) is 18.9. The maximum atomic E-state index is 8.69. The highest BCUT2D eigenvalue weighted by Gasteiger charge is 2.05. The summed E-state index contributed by atoms with van der Waals surface area (Å²) in [4.78, 5) is 0. The Morgan fingerprint density at radius 2 is 1.21 bits per heavy atom. The van der Waals surface area contributed by atoms with Crippen LogP contribution in [0.4, 0.5) is 0 Å². The van der Waals surface area contributed by atoms with E-state index in [1.807, 2.05) is 6.92 Å². The van der Waals surface area contributed by atoms with Crippen LogP contribution >= 0.6 is 0 Å². The van der Waals surface area contributed by atoms with Crippen LogP contribution in [0.15, 0.2) is 0 Å². The molecule has 0 aliphatic carbocycles. The van der Waals surface area contributed by atoms with Gasteiger partial charge < -0.3 is 20.4 Å². The van der Waals surface area contributed by atoms with Crippen molar-refractivity contribution in [3.05, 3.63) is 0 Å². The first-order valence-corrected chi connectivity index (χ1v) is 5.03. The molecule has 0 aliphatic heterocycles. The van der Waals surface area contributed by atoms with Crippen LogP contribution in [-0.2, 0) is 0 Å². The maximum Gasteiger partial charge on any atom is 0.0793 e. The van der Waals surface area contributed by atoms with Crippen molar-refractivity contribution >= 4 is 0 Å². The Labute approximate surface area is 86.2 Å². The predicted octanol–water partition coefficient (Wildman–Crippen LogP) is 0.276. The molecule has 0 rings (SSSR count). The molecule has 4 N–H and O–H groups in total. The lowest BCUT2D eigenvalue weighted by Crippen LogP contribution is -2.20. The van der Waals surface area contributed by atoms with E-state index in [0.717, 1.165) is 0 Å². The molecule has 0 fully saturated rings. The average Bonchev–Trinajstić information content (AvgIpc) is 2.01. The Morgan fingerprint density at radius 3 is 1.21 bits per heavy atom. The molecule has 14 heavy (non-hydrogen) atoms. The standard InChI is InChI=1S/2C5H12O2/c1-4(6)3-5(2)7;1-3-5(7)4(2)6/h2*4-7H,3H2,1-2H3. The van der Waals surface area contributed by atoms with Crippen LogP contribution in [0, 0.1) is 0 Å². The Balaban J connectivity index is 0. The average molecular weight is 208 g/mol. The zero-order chi connectivity index (χ0) is 11.7. The fourth-order valence-electron chi connectivity index (χ4n) is 0.835. The molecule has 4 heteroatoms. The summed E-state index contributed by atoms with van der Waals surface area (Å²) in [5.74, 6) is 0. The molecule has 0 radical (unpaired) electrons. The highest BCUT2D eigenvalue weighted by atomic mass is 16.3. The number of rotatable bonds is 4. The van der Waals surface area contributed by atoms with E-state index in [2.05, 4.69) is 0 Å². The maximum absolute atomic E-state index is 8.69. The van der Waals surface area contributed by atoms with Crippen molar-refractivity contribution in [3.63, 3.8) is 0 Å². The summed E-state index contributed by atoms with van der Waals surface area (Å²) >= 11 is 0. The largest absolute Gasteiger partial charge is 0.393 e. The molecule has 0 aromatic heterocycles. The third kappa shape index (κ3) is 14.4. The second kappa shape index (κ2) is 9.40. The van der Waals surface area contributed by atoms with Crippen molar-refractivity contribution in [3.8, 4) is 0 Å². The molecule has 0 aliphatic rings. The highest BCUT2D eigenvalue weighted by Crippen LogP contribution is 1.94. The Hall–Kier alpha value is -0.160. The smallest absolute Gasteiger partial charge is 0.0793 e. The van der Waals surface area contributed by atoms with E-state index in [1.165, 1.54) is 0 Å². The molecule has 0 aromatic carbocycles. The first kappa shape index (κ1) is 16.3. The first-order chi connectivity index (χ1) is 6.31. The van der Waals surface area contributed by atoms with Crippen molar-refractivity contribution in [2.75, 3.05) is 0 Å². The lowest BCUT2D eigenvalue weighted by Gasteiger charge is -2.08. The summed E-state index contributed by atoms with van der Waals surface area (Å²) in [6, 6.07) is 0. The van der Waals surface area contributed by atoms with E-state index < -0.39 is 12.2 Å². The van der Waals surface area contributed by atoms with Crippen LogP contribution in [0.3, 0.4) is 0 Å². The summed E-state index contributed by atoms with van der Waals surface area (Å²) in [5.41, 5.74) is 0. The van der Waals surface area contributed by atoms with E-state index in [0.29, 0.717) is 12.8 Å².